The number of allylic oxidation sites excluding steroid dienone is 1. The van der Waals surface area contributed by atoms with E-state index in [1.807, 2.05) is 72.8 Å². The molecular formula is C22H18ClN. The molecule has 0 aromatic heterocycles. The molecule has 3 aromatic carbocycles. The number of aliphatic imine (C=N–C) groups is 1. The Morgan fingerprint density at radius 2 is 1.17 bits per heavy atom. The van der Waals surface area contributed by atoms with Crippen LogP contribution in [0, 0.1) is 0 Å². The summed E-state index contributed by atoms with van der Waals surface area (Å²) in [6.45, 7) is 0.576. The molecule has 3 rings (SSSR count). The van der Waals surface area contributed by atoms with Crippen LogP contribution >= 0.6 is 11.6 Å². The molecule has 0 amide bonds. The molecule has 0 radical (unpaired) electrons. The zero-order chi connectivity index (χ0) is 16.6. The lowest BCUT2D eigenvalue weighted by molar-refractivity contribution is 1.08. The number of halogens is 1. The van der Waals surface area contributed by atoms with Crippen LogP contribution in [0.15, 0.2) is 102 Å². The second kappa shape index (κ2) is 8.28. The van der Waals surface area contributed by atoms with Gasteiger partial charge in [-0.05, 0) is 28.3 Å². The molecule has 0 heterocycles. The van der Waals surface area contributed by atoms with Gasteiger partial charge in [-0.2, -0.15) is 0 Å². The zero-order valence-corrected chi connectivity index (χ0v) is 14.0. The van der Waals surface area contributed by atoms with Crippen molar-refractivity contribution in [3.8, 4) is 0 Å². The van der Waals surface area contributed by atoms with E-state index in [4.69, 9.17) is 11.6 Å². The summed E-state index contributed by atoms with van der Waals surface area (Å²) >= 11 is 6.40. The van der Waals surface area contributed by atoms with E-state index < -0.39 is 0 Å². The van der Waals surface area contributed by atoms with Crippen molar-refractivity contribution in [3.05, 3.63) is 114 Å². The molecule has 118 valence electrons. The highest BCUT2D eigenvalue weighted by Gasteiger charge is 2.05. The molecule has 0 N–H and O–H groups in total. The zero-order valence-electron chi connectivity index (χ0n) is 13.3. The maximum atomic E-state index is 6.40. The summed E-state index contributed by atoms with van der Waals surface area (Å²) in [7, 11) is 0. The molecule has 0 unspecified atom stereocenters. The number of benzene rings is 3. The Morgan fingerprint density at radius 1 is 0.708 bits per heavy atom. The van der Waals surface area contributed by atoms with E-state index >= 15 is 0 Å². The van der Waals surface area contributed by atoms with Crippen LogP contribution in [0.1, 0.15) is 16.7 Å². The molecule has 0 spiro atoms. The van der Waals surface area contributed by atoms with E-state index in [1.165, 1.54) is 0 Å². The van der Waals surface area contributed by atoms with Gasteiger partial charge in [-0.1, -0.05) is 103 Å². The molecule has 0 saturated heterocycles. The summed E-state index contributed by atoms with van der Waals surface area (Å²) in [6.07, 6.45) is 1.94. The van der Waals surface area contributed by atoms with Crippen LogP contribution in [0.25, 0.3) is 5.57 Å². The molecule has 0 aliphatic rings. The minimum Gasteiger partial charge on any atom is -0.268 e. The Bertz CT molecular complexity index is 780. The van der Waals surface area contributed by atoms with Crippen molar-refractivity contribution < 1.29 is 0 Å². The highest BCUT2D eigenvalue weighted by molar-refractivity contribution is 6.69. The van der Waals surface area contributed by atoms with Gasteiger partial charge in [0.05, 0.1) is 6.54 Å². The predicted molar refractivity (Wildman–Crippen MR) is 103 cm³/mol. The van der Waals surface area contributed by atoms with Gasteiger partial charge in [-0.15, -0.1) is 0 Å². The van der Waals surface area contributed by atoms with Crippen LogP contribution < -0.4 is 0 Å². The summed E-state index contributed by atoms with van der Waals surface area (Å²) in [5.41, 5.74) is 4.46. The highest BCUT2D eigenvalue weighted by atomic mass is 35.5. The third-order valence-electron chi connectivity index (χ3n) is 3.69. The van der Waals surface area contributed by atoms with Gasteiger partial charge in [-0.25, -0.2) is 0 Å². The molecule has 0 atom stereocenters. The molecule has 0 saturated carbocycles. The number of nitrogens with zero attached hydrogens (tertiary/aromatic N) is 1. The Hall–Kier alpha value is -2.64. The van der Waals surface area contributed by atoms with Gasteiger partial charge in [-0.3, -0.25) is 4.99 Å². The van der Waals surface area contributed by atoms with Gasteiger partial charge < -0.3 is 0 Å². The number of hydrogen-bond acceptors (Lipinski definition) is 1. The van der Waals surface area contributed by atoms with E-state index in [1.54, 1.807) is 0 Å². The van der Waals surface area contributed by atoms with Crippen LogP contribution in [-0.4, -0.2) is 5.17 Å². The lowest BCUT2D eigenvalue weighted by atomic mass is 9.98. The fourth-order valence-corrected chi connectivity index (χ4v) is 2.65. The van der Waals surface area contributed by atoms with Gasteiger partial charge in [0.2, 0.25) is 0 Å². The van der Waals surface area contributed by atoms with Crippen molar-refractivity contribution >= 4 is 22.3 Å². The first-order chi connectivity index (χ1) is 11.8. The predicted octanol–water partition coefficient (Wildman–Crippen LogP) is 5.96. The molecule has 1 nitrogen and oxygen atoms in total. The van der Waals surface area contributed by atoms with E-state index in [0.29, 0.717) is 11.7 Å². The van der Waals surface area contributed by atoms with Gasteiger partial charge in [0, 0.05) is 0 Å². The SMILES string of the molecule is ClC(C=C(c1ccccc1)c1ccccc1)=NCc1ccccc1. The molecule has 2 heteroatoms. The van der Waals surface area contributed by atoms with Gasteiger partial charge in [0.1, 0.15) is 5.17 Å². The molecular weight excluding hydrogens is 314 g/mol. The molecule has 24 heavy (non-hydrogen) atoms. The fourth-order valence-electron chi connectivity index (χ4n) is 2.48. The summed E-state index contributed by atoms with van der Waals surface area (Å²) in [6, 6.07) is 30.6. The topological polar surface area (TPSA) is 12.4 Å². The quantitative estimate of drug-likeness (QED) is 0.512. The standard InChI is InChI=1S/C22H18ClN/c23-22(24-17-18-10-4-1-5-11-18)16-21(19-12-6-2-7-13-19)20-14-8-3-9-15-20/h1-16H,17H2. The summed E-state index contributed by atoms with van der Waals surface area (Å²) < 4.78 is 0. The number of rotatable bonds is 5. The minimum atomic E-state index is 0.501. The highest BCUT2D eigenvalue weighted by Crippen LogP contribution is 2.23. The maximum Gasteiger partial charge on any atom is 0.124 e. The molecule has 0 aliphatic carbocycles. The Labute approximate surface area is 148 Å². The second-order valence-electron chi connectivity index (χ2n) is 5.41. The Balaban J connectivity index is 1.91. The van der Waals surface area contributed by atoms with Crippen LogP contribution in [0.5, 0.6) is 0 Å². The fraction of sp³-hybridized carbons (Fsp3) is 0.0455. The lowest BCUT2D eigenvalue weighted by Crippen LogP contribution is -1.92. The van der Waals surface area contributed by atoms with Crippen molar-refractivity contribution in [2.75, 3.05) is 0 Å². The molecule has 0 fully saturated rings. The summed E-state index contributed by atoms with van der Waals surface area (Å²) in [5.74, 6) is 0. The third-order valence-corrected chi connectivity index (χ3v) is 3.92. The van der Waals surface area contributed by atoms with Gasteiger partial charge in [0.15, 0.2) is 0 Å². The third kappa shape index (κ3) is 4.43. The van der Waals surface area contributed by atoms with Crippen LogP contribution in [0.3, 0.4) is 0 Å². The average molecular weight is 332 g/mol. The maximum absolute atomic E-state index is 6.40. The normalized spacial score (nSPS) is 11.1. The molecule has 3 aromatic rings. The second-order valence-corrected chi connectivity index (χ2v) is 5.80. The van der Waals surface area contributed by atoms with Crippen molar-refractivity contribution in [1.82, 2.24) is 0 Å². The first kappa shape index (κ1) is 16.2. The number of hydrogen-bond donors (Lipinski definition) is 0. The van der Waals surface area contributed by atoms with Crippen molar-refractivity contribution in [2.45, 2.75) is 6.54 Å². The largest absolute Gasteiger partial charge is 0.268 e. The van der Waals surface area contributed by atoms with Crippen LogP contribution in [-0.2, 0) is 6.54 Å². The Morgan fingerprint density at radius 3 is 1.67 bits per heavy atom. The molecule has 0 bridgehead atoms. The summed E-state index contributed by atoms with van der Waals surface area (Å²) in [4.78, 5) is 4.49. The summed E-state index contributed by atoms with van der Waals surface area (Å²) in [5, 5.41) is 0.501. The van der Waals surface area contributed by atoms with Crippen LogP contribution in [0.2, 0.25) is 0 Å². The average Bonchev–Trinajstić information content (AvgIpc) is 2.67. The van der Waals surface area contributed by atoms with E-state index in [0.717, 1.165) is 22.3 Å². The van der Waals surface area contributed by atoms with Crippen LogP contribution in [0.4, 0.5) is 0 Å². The van der Waals surface area contributed by atoms with E-state index in [9.17, 15) is 0 Å². The monoisotopic (exact) mass is 331 g/mol. The van der Waals surface area contributed by atoms with Crippen molar-refractivity contribution in [1.29, 1.82) is 0 Å². The van der Waals surface area contributed by atoms with Crippen molar-refractivity contribution in [2.24, 2.45) is 4.99 Å². The van der Waals surface area contributed by atoms with Crippen molar-refractivity contribution in [3.63, 3.8) is 0 Å². The Kier molecular flexibility index (Phi) is 5.60. The first-order valence-corrected chi connectivity index (χ1v) is 8.27. The van der Waals surface area contributed by atoms with E-state index in [2.05, 4.69) is 29.3 Å². The lowest BCUT2D eigenvalue weighted by Gasteiger charge is -2.08. The molecule has 0 aliphatic heterocycles. The first-order valence-electron chi connectivity index (χ1n) is 7.89. The minimum absolute atomic E-state index is 0.501. The van der Waals surface area contributed by atoms with Gasteiger partial charge in [0.25, 0.3) is 0 Å². The van der Waals surface area contributed by atoms with Gasteiger partial charge >= 0.3 is 0 Å². The smallest absolute Gasteiger partial charge is 0.124 e. The van der Waals surface area contributed by atoms with E-state index in [-0.39, 0.29) is 0 Å².